The van der Waals surface area contributed by atoms with E-state index in [0.717, 1.165) is 35.6 Å². The van der Waals surface area contributed by atoms with Crippen LogP contribution in [0.1, 0.15) is 25.8 Å². The number of halogens is 3. The van der Waals surface area contributed by atoms with E-state index >= 15 is 0 Å². The first-order valence-corrected chi connectivity index (χ1v) is 12.1. The summed E-state index contributed by atoms with van der Waals surface area (Å²) in [5.74, 6) is -2.87. The molecule has 3 N–H and O–H groups in total. The number of allylic oxidation sites excluding steroid dienone is 1. The van der Waals surface area contributed by atoms with Crippen molar-refractivity contribution >= 4 is 40.4 Å². The van der Waals surface area contributed by atoms with Gasteiger partial charge in [0.2, 0.25) is 5.95 Å². The third-order valence-corrected chi connectivity index (χ3v) is 6.73. The van der Waals surface area contributed by atoms with Gasteiger partial charge in [0.15, 0.2) is 5.82 Å². The predicted molar refractivity (Wildman–Crippen MR) is 137 cm³/mol. The Morgan fingerprint density at radius 1 is 1.29 bits per heavy atom. The van der Waals surface area contributed by atoms with E-state index in [1.165, 1.54) is 6.20 Å². The van der Waals surface area contributed by atoms with Crippen molar-refractivity contribution in [2.24, 2.45) is 11.8 Å². The highest BCUT2D eigenvalue weighted by molar-refractivity contribution is 6.32. The zero-order chi connectivity index (χ0) is 25.2. The summed E-state index contributed by atoms with van der Waals surface area (Å²) in [7, 11) is 1.86. The van der Waals surface area contributed by atoms with Crippen molar-refractivity contribution in [3.63, 3.8) is 0 Å². The predicted octanol–water partition coefficient (Wildman–Crippen LogP) is 5.51. The molecule has 2 aliphatic rings. The minimum absolute atomic E-state index is 0.170. The number of hydrogen-bond acceptors (Lipinski definition) is 7. The summed E-state index contributed by atoms with van der Waals surface area (Å²) in [6.07, 6.45) is 4.08. The first-order valence-electron chi connectivity index (χ1n) is 11.7. The van der Waals surface area contributed by atoms with E-state index in [1.807, 2.05) is 25.2 Å². The Kier molecular flexibility index (Phi) is 7.35. The lowest BCUT2D eigenvalue weighted by Crippen LogP contribution is -2.52. The highest BCUT2D eigenvalue weighted by Gasteiger charge is 2.47. The quantitative estimate of drug-likeness (QED) is 0.479. The molecule has 1 fully saturated rings. The number of alkyl halides is 2. The molecule has 0 amide bonds. The lowest BCUT2D eigenvalue weighted by atomic mass is 9.87. The van der Waals surface area contributed by atoms with Crippen LogP contribution in [0.25, 0.3) is 5.70 Å². The monoisotopic (exact) mass is 504 g/mol. The van der Waals surface area contributed by atoms with Crippen LogP contribution in [-0.2, 0) is 4.74 Å². The molecule has 2 aliphatic heterocycles. The summed E-state index contributed by atoms with van der Waals surface area (Å²) in [6, 6.07) is 5.82. The van der Waals surface area contributed by atoms with Crippen molar-refractivity contribution in [2.75, 3.05) is 48.8 Å². The van der Waals surface area contributed by atoms with Crippen LogP contribution in [0.5, 0.6) is 0 Å². The largest absolute Gasteiger partial charge is 0.491 e. The second-order valence-corrected chi connectivity index (χ2v) is 9.36. The smallest absolute Gasteiger partial charge is 0.256 e. The van der Waals surface area contributed by atoms with Gasteiger partial charge in [-0.2, -0.15) is 4.98 Å². The molecule has 2 unspecified atom stereocenters. The summed E-state index contributed by atoms with van der Waals surface area (Å²) < 4.78 is 34.5. The Bertz CT molecular complexity index is 1110. The zero-order valence-corrected chi connectivity index (χ0v) is 20.9. The normalized spacial score (nSPS) is 22.1. The average Bonchev–Trinajstić information content (AvgIpc) is 3.09. The van der Waals surface area contributed by atoms with Crippen LogP contribution in [0.2, 0.25) is 5.02 Å². The van der Waals surface area contributed by atoms with Gasteiger partial charge >= 0.3 is 0 Å². The standard InChI is InChI=1S/C25H31ClF2N6O/c1-5-21-22(30-9-6-10-35-21)18-11-17(7-8-20(18)29-4)32-23-19(26)12-31-24(33-23)34-13-15(2)25(27,28)16(3)14-34/h5,7-8,11-12,15-16,29-30H,1,6,9-10,13-14H2,2-4H3,(H,31,32,33). The fourth-order valence-electron chi connectivity index (χ4n) is 4.43. The Balaban J connectivity index is 1.64. The fraction of sp³-hybridized carbons (Fsp3) is 0.440. The molecular weight excluding hydrogens is 474 g/mol. The van der Waals surface area contributed by atoms with Gasteiger partial charge in [-0.25, -0.2) is 13.8 Å². The van der Waals surface area contributed by atoms with Crippen LogP contribution in [-0.4, -0.2) is 49.2 Å². The molecule has 0 radical (unpaired) electrons. The van der Waals surface area contributed by atoms with Crippen molar-refractivity contribution < 1.29 is 13.5 Å². The van der Waals surface area contributed by atoms with Gasteiger partial charge in [-0.05, 0) is 30.7 Å². The molecule has 188 valence electrons. The first-order chi connectivity index (χ1) is 16.7. The van der Waals surface area contributed by atoms with E-state index in [-0.39, 0.29) is 13.1 Å². The summed E-state index contributed by atoms with van der Waals surface area (Å²) in [4.78, 5) is 10.7. The molecule has 7 nitrogen and oxygen atoms in total. The zero-order valence-electron chi connectivity index (χ0n) is 20.2. The van der Waals surface area contributed by atoms with Gasteiger partial charge in [0.05, 0.1) is 18.5 Å². The lowest BCUT2D eigenvalue weighted by molar-refractivity contribution is -0.105. The lowest BCUT2D eigenvalue weighted by Gasteiger charge is -2.41. The molecule has 10 heteroatoms. The van der Waals surface area contributed by atoms with Crippen LogP contribution < -0.4 is 20.9 Å². The molecule has 3 heterocycles. The van der Waals surface area contributed by atoms with Gasteiger partial charge in [-0.3, -0.25) is 0 Å². The fourth-order valence-corrected chi connectivity index (χ4v) is 4.56. The van der Waals surface area contributed by atoms with Crippen molar-refractivity contribution in [2.45, 2.75) is 26.2 Å². The summed E-state index contributed by atoms with van der Waals surface area (Å²) >= 11 is 6.41. The van der Waals surface area contributed by atoms with Crippen LogP contribution in [0.15, 0.2) is 42.8 Å². The minimum Gasteiger partial charge on any atom is -0.491 e. The van der Waals surface area contributed by atoms with Crippen LogP contribution in [0, 0.1) is 11.8 Å². The first kappa shape index (κ1) is 25.0. The van der Waals surface area contributed by atoms with Crippen molar-refractivity contribution in [3.05, 3.63) is 53.4 Å². The molecule has 0 bridgehead atoms. The number of piperidine rings is 1. The van der Waals surface area contributed by atoms with Crippen molar-refractivity contribution in [3.8, 4) is 0 Å². The maximum Gasteiger partial charge on any atom is 0.256 e. The topological polar surface area (TPSA) is 74.3 Å². The molecular formula is C25H31ClF2N6O. The number of hydrogen-bond donors (Lipinski definition) is 3. The minimum atomic E-state index is -2.72. The van der Waals surface area contributed by atoms with E-state index in [9.17, 15) is 8.78 Å². The molecule has 0 saturated carbocycles. The van der Waals surface area contributed by atoms with Gasteiger partial charge in [-0.1, -0.05) is 32.0 Å². The highest BCUT2D eigenvalue weighted by atomic mass is 35.5. The van der Waals surface area contributed by atoms with E-state index < -0.39 is 17.8 Å². The molecule has 1 aromatic carbocycles. The summed E-state index contributed by atoms with van der Waals surface area (Å²) in [6.45, 7) is 8.73. The average molecular weight is 505 g/mol. The van der Waals surface area contributed by atoms with Crippen LogP contribution >= 0.6 is 11.6 Å². The molecule has 0 spiro atoms. The SMILES string of the molecule is C=CC1=C(c2cc(Nc3nc(N4CC(C)C(F)(F)C(C)C4)ncc3Cl)ccc2NC)NCCCO1. The Hall–Kier alpha value is -3.07. The maximum atomic E-state index is 14.3. The number of anilines is 4. The Morgan fingerprint density at radius 3 is 2.71 bits per heavy atom. The number of rotatable bonds is 6. The van der Waals surface area contributed by atoms with Gasteiger partial charge < -0.3 is 25.6 Å². The number of ether oxygens (including phenoxy) is 1. The molecule has 1 saturated heterocycles. The van der Waals surface area contributed by atoms with Crippen molar-refractivity contribution in [1.82, 2.24) is 15.3 Å². The third kappa shape index (κ3) is 5.15. The third-order valence-electron chi connectivity index (χ3n) is 6.45. The second-order valence-electron chi connectivity index (χ2n) is 8.96. The number of benzene rings is 1. The van der Waals surface area contributed by atoms with E-state index in [1.54, 1.807) is 24.8 Å². The van der Waals surface area contributed by atoms with Crippen LogP contribution in [0.3, 0.4) is 0 Å². The molecule has 1 aromatic heterocycles. The van der Waals surface area contributed by atoms with Gasteiger partial charge in [0.1, 0.15) is 10.8 Å². The number of nitrogens with zero attached hydrogens (tertiary/aromatic N) is 3. The number of aromatic nitrogens is 2. The summed E-state index contributed by atoms with van der Waals surface area (Å²) in [5, 5.41) is 10.3. The molecule has 2 aromatic rings. The Labute approximate surface area is 209 Å². The van der Waals surface area contributed by atoms with Crippen LogP contribution in [0.4, 0.5) is 31.9 Å². The summed E-state index contributed by atoms with van der Waals surface area (Å²) in [5.41, 5.74) is 3.41. The maximum absolute atomic E-state index is 14.3. The molecule has 35 heavy (non-hydrogen) atoms. The van der Waals surface area contributed by atoms with E-state index in [0.29, 0.717) is 29.2 Å². The van der Waals surface area contributed by atoms with Gasteiger partial charge in [0, 0.05) is 55.5 Å². The number of nitrogens with one attached hydrogen (secondary N) is 3. The van der Waals surface area contributed by atoms with Gasteiger partial charge in [-0.15, -0.1) is 0 Å². The van der Waals surface area contributed by atoms with E-state index in [4.69, 9.17) is 16.3 Å². The van der Waals surface area contributed by atoms with E-state index in [2.05, 4.69) is 32.5 Å². The molecule has 4 rings (SSSR count). The van der Waals surface area contributed by atoms with Gasteiger partial charge in [0.25, 0.3) is 5.92 Å². The Morgan fingerprint density at radius 2 is 2.03 bits per heavy atom. The van der Waals surface area contributed by atoms with Crippen molar-refractivity contribution in [1.29, 1.82) is 0 Å². The second kappa shape index (κ2) is 10.3. The molecule has 0 aliphatic carbocycles. The molecule has 2 atom stereocenters. The highest BCUT2D eigenvalue weighted by Crippen LogP contribution is 2.39.